The van der Waals surface area contributed by atoms with E-state index in [-0.39, 0.29) is 5.60 Å². The van der Waals surface area contributed by atoms with Gasteiger partial charge in [-0.2, -0.15) is 0 Å². The molecule has 2 nitrogen and oxygen atoms in total. The predicted octanol–water partition coefficient (Wildman–Crippen LogP) is 2.23. The molecule has 2 aliphatic rings. The molecule has 0 radical (unpaired) electrons. The molecule has 1 saturated heterocycles. The maximum atomic E-state index is 9.44. The largest absolute Gasteiger partial charge is 0.368 e. The van der Waals surface area contributed by atoms with E-state index < -0.39 is 6.29 Å². The van der Waals surface area contributed by atoms with Crippen molar-refractivity contribution in [2.24, 2.45) is 5.92 Å². The van der Waals surface area contributed by atoms with E-state index in [0.29, 0.717) is 5.92 Å². The number of allylic oxidation sites excluding steroid dienone is 1. The second-order valence-electron chi connectivity index (χ2n) is 4.53. The minimum absolute atomic E-state index is 0.0427. The quantitative estimate of drug-likeness (QED) is 0.582. The first-order valence-electron chi connectivity index (χ1n) is 5.14. The fourth-order valence-electron chi connectivity index (χ4n) is 2.47. The van der Waals surface area contributed by atoms with Crippen LogP contribution in [0.15, 0.2) is 11.6 Å². The molecule has 0 aromatic carbocycles. The third kappa shape index (κ3) is 1.53. The first-order chi connectivity index (χ1) is 6.12. The Morgan fingerprint density at radius 1 is 1.62 bits per heavy atom. The summed E-state index contributed by atoms with van der Waals surface area (Å²) in [5, 5.41) is 9.44. The van der Waals surface area contributed by atoms with E-state index in [4.69, 9.17) is 4.74 Å². The van der Waals surface area contributed by atoms with Crippen LogP contribution in [0.25, 0.3) is 0 Å². The van der Waals surface area contributed by atoms with Gasteiger partial charge >= 0.3 is 0 Å². The van der Waals surface area contributed by atoms with Gasteiger partial charge in [0, 0.05) is 6.42 Å². The van der Waals surface area contributed by atoms with Gasteiger partial charge in [0.25, 0.3) is 0 Å². The average molecular weight is 182 g/mol. The second-order valence-corrected chi connectivity index (χ2v) is 4.53. The normalized spacial score (nSPS) is 45.3. The Bertz CT molecular complexity index is 234. The zero-order valence-electron chi connectivity index (χ0n) is 8.42. The van der Waals surface area contributed by atoms with Crippen molar-refractivity contribution in [1.82, 2.24) is 0 Å². The van der Waals surface area contributed by atoms with Gasteiger partial charge in [0.05, 0.1) is 5.60 Å². The van der Waals surface area contributed by atoms with Gasteiger partial charge in [-0.15, -0.1) is 0 Å². The van der Waals surface area contributed by atoms with Gasteiger partial charge in [-0.25, -0.2) is 0 Å². The van der Waals surface area contributed by atoms with Gasteiger partial charge in [-0.1, -0.05) is 18.6 Å². The lowest BCUT2D eigenvalue weighted by Gasteiger charge is -2.35. The number of ether oxygens (including phenoxy) is 1. The summed E-state index contributed by atoms with van der Waals surface area (Å²) in [6.45, 7) is 4.35. The summed E-state index contributed by atoms with van der Waals surface area (Å²) in [7, 11) is 0. The first-order valence-corrected chi connectivity index (χ1v) is 5.14. The summed E-state index contributed by atoms with van der Waals surface area (Å²) in [4.78, 5) is 0. The Morgan fingerprint density at radius 3 is 2.85 bits per heavy atom. The monoisotopic (exact) mass is 182 g/mol. The average Bonchev–Trinajstić information content (AvgIpc) is 2.34. The van der Waals surface area contributed by atoms with Gasteiger partial charge in [-0.05, 0) is 32.1 Å². The summed E-state index contributed by atoms with van der Waals surface area (Å²) in [6.07, 6.45) is 5.72. The van der Waals surface area contributed by atoms with E-state index in [1.165, 1.54) is 5.57 Å². The van der Waals surface area contributed by atoms with Crippen LogP contribution in [0.5, 0.6) is 0 Å². The Morgan fingerprint density at radius 2 is 2.38 bits per heavy atom. The molecule has 3 atom stereocenters. The van der Waals surface area contributed by atoms with Crippen molar-refractivity contribution < 1.29 is 9.84 Å². The molecule has 2 heteroatoms. The van der Waals surface area contributed by atoms with E-state index in [9.17, 15) is 5.11 Å². The Labute approximate surface area is 79.6 Å². The molecule has 13 heavy (non-hydrogen) atoms. The van der Waals surface area contributed by atoms with Crippen LogP contribution in [0.1, 0.15) is 39.5 Å². The lowest BCUT2D eigenvalue weighted by Crippen LogP contribution is -2.35. The molecule has 0 bridgehead atoms. The van der Waals surface area contributed by atoms with Gasteiger partial charge in [0.15, 0.2) is 6.29 Å². The molecule has 1 fully saturated rings. The zero-order valence-corrected chi connectivity index (χ0v) is 8.42. The van der Waals surface area contributed by atoms with Gasteiger partial charge in [0.1, 0.15) is 0 Å². The first kappa shape index (κ1) is 9.22. The van der Waals surface area contributed by atoms with Crippen molar-refractivity contribution in [1.29, 1.82) is 0 Å². The highest BCUT2D eigenvalue weighted by molar-refractivity contribution is 5.11. The fraction of sp³-hybridized carbons (Fsp3) is 0.818. The van der Waals surface area contributed by atoms with Crippen molar-refractivity contribution in [3.05, 3.63) is 11.6 Å². The Hall–Kier alpha value is -0.340. The molecule has 1 aliphatic carbocycles. The summed E-state index contributed by atoms with van der Waals surface area (Å²) < 4.78 is 5.66. The molecule has 0 saturated carbocycles. The van der Waals surface area contributed by atoms with Crippen molar-refractivity contribution in [2.75, 3.05) is 0 Å². The Kier molecular flexibility index (Phi) is 2.20. The molecule has 0 amide bonds. The lowest BCUT2D eigenvalue weighted by molar-refractivity contribution is -0.145. The molecule has 1 N–H and O–H groups in total. The third-order valence-electron chi connectivity index (χ3n) is 3.56. The van der Waals surface area contributed by atoms with Gasteiger partial charge in [0.2, 0.25) is 0 Å². The van der Waals surface area contributed by atoms with Crippen LogP contribution in [-0.4, -0.2) is 17.0 Å². The molecule has 1 heterocycles. The fourth-order valence-corrected chi connectivity index (χ4v) is 2.47. The van der Waals surface area contributed by atoms with Gasteiger partial charge in [-0.3, -0.25) is 0 Å². The highest BCUT2D eigenvalue weighted by Gasteiger charge is 2.45. The SMILES string of the molecule is CC1=CC[C@]2(CC1)OC(O)CC2C. The van der Waals surface area contributed by atoms with Crippen LogP contribution in [0.4, 0.5) is 0 Å². The number of aliphatic hydroxyl groups is 1. The second kappa shape index (κ2) is 3.10. The molecule has 0 aromatic rings. The third-order valence-corrected chi connectivity index (χ3v) is 3.56. The molecule has 0 aromatic heterocycles. The summed E-state index contributed by atoms with van der Waals surface area (Å²) in [6, 6.07) is 0. The summed E-state index contributed by atoms with van der Waals surface area (Å²) in [5.41, 5.74) is 1.42. The topological polar surface area (TPSA) is 29.5 Å². The highest BCUT2D eigenvalue weighted by Crippen LogP contribution is 2.44. The number of hydrogen-bond donors (Lipinski definition) is 1. The van der Waals surface area contributed by atoms with E-state index in [0.717, 1.165) is 25.7 Å². The van der Waals surface area contributed by atoms with E-state index in [2.05, 4.69) is 19.9 Å². The molecule has 2 unspecified atom stereocenters. The van der Waals surface area contributed by atoms with E-state index in [1.54, 1.807) is 0 Å². The standard InChI is InChI=1S/C11H18O2/c1-8-3-5-11(6-4-8)9(2)7-10(12)13-11/h3,9-10,12H,4-7H2,1-2H3/t9?,10?,11-/m1/s1. The summed E-state index contributed by atoms with van der Waals surface area (Å²) in [5.74, 6) is 0.492. The summed E-state index contributed by atoms with van der Waals surface area (Å²) >= 11 is 0. The smallest absolute Gasteiger partial charge is 0.155 e. The number of hydrogen-bond acceptors (Lipinski definition) is 2. The van der Waals surface area contributed by atoms with E-state index >= 15 is 0 Å². The van der Waals surface area contributed by atoms with Gasteiger partial charge < -0.3 is 9.84 Å². The number of aliphatic hydroxyl groups excluding tert-OH is 1. The Balaban J connectivity index is 2.14. The molecule has 1 spiro atoms. The molecule has 74 valence electrons. The predicted molar refractivity (Wildman–Crippen MR) is 51.2 cm³/mol. The molecule has 1 aliphatic heterocycles. The van der Waals surface area contributed by atoms with Crippen LogP contribution in [-0.2, 0) is 4.74 Å². The van der Waals surface area contributed by atoms with Crippen molar-refractivity contribution in [3.63, 3.8) is 0 Å². The van der Waals surface area contributed by atoms with Crippen molar-refractivity contribution in [3.8, 4) is 0 Å². The zero-order chi connectivity index (χ0) is 9.47. The van der Waals surface area contributed by atoms with Crippen LogP contribution in [0.3, 0.4) is 0 Å². The van der Waals surface area contributed by atoms with Crippen LogP contribution >= 0.6 is 0 Å². The van der Waals surface area contributed by atoms with Crippen LogP contribution < -0.4 is 0 Å². The molecular formula is C11H18O2. The number of rotatable bonds is 0. The molecule has 2 rings (SSSR count). The molecular weight excluding hydrogens is 164 g/mol. The van der Waals surface area contributed by atoms with E-state index in [1.807, 2.05) is 0 Å². The van der Waals surface area contributed by atoms with Crippen LogP contribution in [0, 0.1) is 5.92 Å². The van der Waals surface area contributed by atoms with Crippen molar-refractivity contribution in [2.45, 2.75) is 51.4 Å². The lowest BCUT2D eigenvalue weighted by atomic mass is 9.78. The van der Waals surface area contributed by atoms with Crippen molar-refractivity contribution >= 4 is 0 Å². The maximum Gasteiger partial charge on any atom is 0.155 e. The van der Waals surface area contributed by atoms with Crippen LogP contribution in [0.2, 0.25) is 0 Å². The highest BCUT2D eigenvalue weighted by atomic mass is 16.6. The maximum absolute atomic E-state index is 9.44. The minimum atomic E-state index is -0.526. The minimum Gasteiger partial charge on any atom is -0.368 e.